The van der Waals surface area contributed by atoms with Crippen molar-refractivity contribution < 1.29 is 9.52 Å². The molecule has 0 saturated heterocycles. The van der Waals surface area contributed by atoms with Crippen molar-refractivity contribution in [2.24, 2.45) is 5.10 Å². The quantitative estimate of drug-likeness (QED) is 0.572. The molecule has 2 N–H and O–H groups in total. The Hall–Kier alpha value is -2.38. The predicted molar refractivity (Wildman–Crippen MR) is 81.2 cm³/mol. The molecular weight excluding hydrogens is 312 g/mol. The van der Waals surface area contributed by atoms with Crippen molar-refractivity contribution in [1.29, 1.82) is 0 Å². The van der Waals surface area contributed by atoms with Gasteiger partial charge in [-0.25, -0.2) is 5.10 Å². The van der Waals surface area contributed by atoms with E-state index in [-0.39, 0.29) is 10.8 Å². The minimum Gasteiger partial charge on any atom is -0.506 e. The van der Waals surface area contributed by atoms with Crippen molar-refractivity contribution in [2.45, 2.75) is 0 Å². The molecule has 3 aromatic rings. The number of H-pyrrole nitrogens is 1. The molecule has 2 aromatic heterocycles. The summed E-state index contributed by atoms with van der Waals surface area (Å²) >= 11 is 11.0. The van der Waals surface area contributed by atoms with Crippen LogP contribution in [0.5, 0.6) is 5.75 Å². The van der Waals surface area contributed by atoms with Gasteiger partial charge < -0.3 is 9.52 Å². The van der Waals surface area contributed by atoms with Gasteiger partial charge in [0, 0.05) is 0 Å². The first kappa shape index (κ1) is 13.6. The Morgan fingerprint density at radius 3 is 3.00 bits per heavy atom. The maximum atomic E-state index is 9.38. The number of hydrogen-bond donors (Lipinski definition) is 2. The average Bonchev–Trinajstić information content (AvgIpc) is 3.10. The number of nitrogens with one attached hydrogen (secondary N) is 1. The zero-order valence-electron chi connectivity index (χ0n) is 10.5. The molecule has 0 fully saturated rings. The minimum absolute atomic E-state index is 0.0185. The lowest BCUT2D eigenvalue weighted by atomic mass is 10.2. The van der Waals surface area contributed by atoms with Crippen LogP contribution in [0.15, 0.2) is 46.1 Å². The Morgan fingerprint density at radius 2 is 2.29 bits per heavy atom. The van der Waals surface area contributed by atoms with Crippen LogP contribution in [-0.2, 0) is 0 Å². The molecule has 3 rings (SSSR count). The van der Waals surface area contributed by atoms with E-state index in [2.05, 4.69) is 15.3 Å². The molecule has 0 bridgehead atoms. The van der Waals surface area contributed by atoms with Gasteiger partial charge in [0.25, 0.3) is 0 Å². The summed E-state index contributed by atoms with van der Waals surface area (Å²) in [6.07, 6.45) is 3.10. The molecule has 0 aliphatic heterocycles. The molecule has 0 saturated carbocycles. The number of furan rings is 1. The summed E-state index contributed by atoms with van der Waals surface area (Å²) < 4.78 is 7.06. The normalized spacial score (nSPS) is 11.3. The number of benzene rings is 1. The molecule has 0 unspecified atom stereocenters. The topological polar surface area (TPSA) is 79.3 Å². The van der Waals surface area contributed by atoms with E-state index in [1.165, 1.54) is 10.7 Å². The van der Waals surface area contributed by atoms with Gasteiger partial charge in [-0.1, -0.05) is 11.6 Å². The van der Waals surface area contributed by atoms with Gasteiger partial charge >= 0.3 is 0 Å². The van der Waals surface area contributed by atoms with Gasteiger partial charge in [0.2, 0.25) is 10.6 Å². The van der Waals surface area contributed by atoms with Crippen LogP contribution in [0.2, 0.25) is 5.02 Å². The van der Waals surface area contributed by atoms with Crippen molar-refractivity contribution >= 4 is 30.0 Å². The molecule has 8 heteroatoms. The van der Waals surface area contributed by atoms with Crippen LogP contribution in [-0.4, -0.2) is 26.2 Å². The van der Waals surface area contributed by atoms with Crippen molar-refractivity contribution in [3.8, 4) is 17.3 Å². The Morgan fingerprint density at radius 1 is 1.43 bits per heavy atom. The van der Waals surface area contributed by atoms with Crippen molar-refractivity contribution in [1.82, 2.24) is 14.9 Å². The van der Waals surface area contributed by atoms with E-state index in [1.807, 2.05) is 0 Å². The maximum Gasteiger partial charge on any atom is 0.219 e. The number of aromatic nitrogens is 3. The van der Waals surface area contributed by atoms with Crippen LogP contribution in [0.25, 0.3) is 11.6 Å². The second-order valence-electron chi connectivity index (χ2n) is 4.10. The number of aromatic hydroxyl groups is 1. The molecule has 0 amide bonds. The summed E-state index contributed by atoms with van der Waals surface area (Å²) in [5.74, 6) is 1.03. The fourth-order valence-corrected chi connectivity index (χ4v) is 2.06. The van der Waals surface area contributed by atoms with E-state index in [0.717, 1.165) is 0 Å². The van der Waals surface area contributed by atoms with Gasteiger partial charge in [0.05, 0.1) is 17.5 Å². The van der Waals surface area contributed by atoms with E-state index in [0.29, 0.717) is 21.9 Å². The van der Waals surface area contributed by atoms with Gasteiger partial charge in [0.15, 0.2) is 5.76 Å². The van der Waals surface area contributed by atoms with E-state index >= 15 is 0 Å². The summed E-state index contributed by atoms with van der Waals surface area (Å²) in [4.78, 5) is 0. The molecule has 0 spiro atoms. The number of aromatic amines is 1. The summed E-state index contributed by atoms with van der Waals surface area (Å²) in [5, 5.41) is 20.6. The highest BCUT2D eigenvalue weighted by Gasteiger charge is 2.10. The van der Waals surface area contributed by atoms with Crippen LogP contribution in [0.4, 0.5) is 0 Å². The van der Waals surface area contributed by atoms with Crippen LogP contribution >= 0.6 is 23.8 Å². The zero-order valence-corrected chi connectivity index (χ0v) is 12.1. The van der Waals surface area contributed by atoms with Gasteiger partial charge in [-0.15, -0.1) is 5.10 Å². The molecular formula is C13H9ClN4O2S. The molecule has 6 nitrogen and oxygen atoms in total. The second kappa shape index (κ2) is 5.55. The zero-order chi connectivity index (χ0) is 14.8. The Kier molecular flexibility index (Phi) is 3.59. The molecule has 0 aliphatic rings. The summed E-state index contributed by atoms with van der Waals surface area (Å²) in [7, 11) is 0. The highest BCUT2D eigenvalue weighted by atomic mass is 35.5. The van der Waals surface area contributed by atoms with Crippen molar-refractivity contribution in [3.63, 3.8) is 0 Å². The van der Waals surface area contributed by atoms with Crippen LogP contribution in [0, 0.1) is 4.77 Å². The van der Waals surface area contributed by atoms with Gasteiger partial charge in [-0.05, 0) is 48.1 Å². The van der Waals surface area contributed by atoms with E-state index in [1.54, 1.807) is 36.7 Å². The van der Waals surface area contributed by atoms with E-state index in [9.17, 15) is 5.11 Å². The average molecular weight is 321 g/mol. The molecule has 2 heterocycles. The SMILES string of the molecule is Oc1ccc(/C=N\n2c(-c3ccco3)n[nH]c2=S)cc1Cl. The van der Waals surface area contributed by atoms with Gasteiger partial charge in [-0.2, -0.15) is 9.78 Å². The number of halogens is 1. The largest absolute Gasteiger partial charge is 0.506 e. The third kappa shape index (κ3) is 2.74. The highest BCUT2D eigenvalue weighted by Crippen LogP contribution is 2.23. The molecule has 0 radical (unpaired) electrons. The molecule has 1 aromatic carbocycles. The number of nitrogens with zero attached hydrogens (tertiary/aromatic N) is 3. The Labute approximate surface area is 129 Å². The summed E-state index contributed by atoms with van der Waals surface area (Å²) in [5.41, 5.74) is 0.714. The standard InChI is InChI=1S/C13H9ClN4O2S/c14-9-6-8(3-4-10(9)19)7-15-18-12(16-17-13(18)21)11-2-1-5-20-11/h1-7,19H,(H,17,21)/b15-7-. The molecule has 21 heavy (non-hydrogen) atoms. The third-order valence-electron chi connectivity index (χ3n) is 2.69. The fourth-order valence-electron chi connectivity index (χ4n) is 1.69. The number of rotatable bonds is 3. The first-order chi connectivity index (χ1) is 10.1. The van der Waals surface area contributed by atoms with Crippen LogP contribution in [0.1, 0.15) is 5.56 Å². The number of phenols is 1. The van der Waals surface area contributed by atoms with Gasteiger partial charge in [-0.3, -0.25) is 0 Å². The molecule has 0 atom stereocenters. The lowest BCUT2D eigenvalue weighted by Gasteiger charge is -1.99. The Balaban J connectivity index is 1.98. The molecule has 106 valence electrons. The van der Waals surface area contributed by atoms with Crippen LogP contribution < -0.4 is 0 Å². The highest BCUT2D eigenvalue weighted by molar-refractivity contribution is 7.71. The summed E-state index contributed by atoms with van der Waals surface area (Å²) in [6, 6.07) is 8.28. The minimum atomic E-state index is 0.0185. The third-order valence-corrected chi connectivity index (χ3v) is 3.25. The summed E-state index contributed by atoms with van der Waals surface area (Å²) in [6.45, 7) is 0. The molecule has 0 aliphatic carbocycles. The Bertz CT molecular complexity index is 851. The number of hydrogen-bond acceptors (Lipinski definition) is 5. The maximum absolute atomic E-state index is 9.38. The van der Waals surface area contributed by atoms with Crippen molar-refractivity contribution in [3.05, 3.63) is 52.0 Å². The van der Waals surface area contributed by atoms with Crippen molar-refractivity contribution in [2.75, 3.05) is 0 Å². The lowest BCUT2D eigenvalue weighted by molar-refractivity contribution is 0.475. The fraction of sp³-hybridized carbons (Fsp3) is 0. The first-order valence-corrected chi connectivity index (χ1v) is 6.68. The smallest absolute Gasteiger partial charge is 0.219 e. The lowest BCUT2D eigenvalue weighted by Crippen LogP contribution is -1.94. The second-order valence-corrected chi connectivity index (χ2v) is 4.89. The van der Waals surface area contributed by atoms with Gasteiger partial charge in [0.1, 0.15) is 5.75 Å². The first-order valence-electron chi connectivity index (χ1n) is 5.89. The number of phenolic OH excluding ortho intramolecular Hbond substituents is 1. The van der Waals surface area contributed by atoms with E-state index in [4.69, 9.17) is 28.2 Å². The van der Waals surface area contributed by atoms with E-state index < -0.39 is 0 Å². The monoisotopic (exact) mass is 320 g/mol. The predicted octanol–water partition coefficient (Wildman–Crippen LogP) is 3.44. The van der Waals surface area contributed by atoms with Crippen LogP contribution in [0.3, 0.4) is 0 Å².